The summed E-state index contributed by atoms with van der Waals surface area (Å²) in [5.41, 5.74) is 11.3. The first kappa shape index (κ1) is 15.1. The van der Waals surface area contributed by atoms with Crippen molar-refractivity contribution in [3.63, 3.8) is 0 Å². The van der Waals surface area contributed by atoms with Gasteiger partial charge in [0.2, 0.25) is 0 Å². The van der Waals surface area contributed by atoms with E-state index in [-0.39, 0.29) is 5.84 Å². The second-order valence-corrected chi connectivity index (χ2v) is 5.41. The molecule has 2 aromatic carbocycles. The molecule has 0 atom stereocenters. The predicted molar refractivity (Wildman–Crippen MR) is 90.1 cm³/mol. The topological polar surface area (TPSA) is 53.1 Å². The molecule has 2 aromatic rings. The molecular formula is C18H23N3. The summed E-state index contributed by atoms with van der Waals surface area (Å²) in [6, 6.07) is 14.6. The van der Waals surface area contributed by atoms with Crippen LogP contribution in [0.5, 0.6) is 0 Å². The van der Waals surface area contributed by atoms with Gasteiger partial charge in [-0.1, -0.05) is 24.3 Å². The van der Waals surface area contributed by atoms with E-state index >= 15 is 0 Å². The van der Waals surface area contributed by atoms with Gasteiger partial charge < -0.3 is 10.6 Å². The molecule has 3 nitrogen and oxygen atoms in total. The number of nitrogen functional groups attached to an aromatic ring is 1. The monoisotopic (exact) mass is 281 g/mol. The van der Waals surface area contributed by atoms with Crippen molar-refractivity contribution in [2.45, 2.75) is 27.3 Å². The number of nitrogens with one attached hydrogen (secondary N) is 1. The van der Waals surface area contributed by atoms with Crippen LogP contribution in [0.25, 0.3) is 0 Å². The smallest absolute Gasteiger partial charge is 0.122 e. The molecule has 0 aliphatic rings. The summed E-state index contributed by atoms with van der Waals surface area (Å²) >= 11 is 0. The fraction of sp³-hybridized carbons (Fsp3) is 0.278. The highest BCUT2D eigenvalue weighted by atomic mass is 15.1. The Labute approximate surface area is 126 Å². The number of hydrogen-bond donors (Lipinski definition) is 2. The molecule has 0 unspecified atom stereocenters. The zero-order valence-corrected chi connectivity index (χ0v) is 13.0. The van der Waals surface area contributed by atoms with Gasteiger partial charge in [0.05, 0.1) is 0 Å². The van der Waals surface area contributed by atoms with Crippen LogP contribution in [0.15, 0.2) is 42.5 Å². The third kappa shape index (κ3) is 3.63. The number of amidine groups is 1. The minimum absolute atomic E-state index is 0.121. The van der Waals surface area contributed by atoms with Crippen molar-refractivity contribution >= 4 is 11.5 Å². The zero-order chi connectivity index (χ0) is 15.4. The second-order valence-electron chi connectivity index (χ2n) is 5.41. The van der Waals surface area contributed by atoms with Crippen molar-refractivity contribution in [1.29, 1.82) is 5.41 Å². The first-order valence-electron chi connectivity index (χ1n) is 7.26. The molecular weight excluding hydrogens is 258 g/mol. The number of nitrogens with two attached hydrogens (primary N) is 1. The molecule has 0 spiro atoms. The van der Waals surface area contributed by atoms with Crippen LogP contribution < -0.4 is 10.6 Å². The van der Waals surface area contributed by atoms with Gasteiger partial charge in [0.1, 0.15) is 5.84 Å². The van der Waals surface area contributed by atoms with Gasteiger partial charge in [0.25, 0.3) is 0 Å². The maximum Gasteiger partial charge on any atom is 0.122 e. The molecule has 110 valence electrons. The molecule has 2 rings (SSSR count). The number of nitrogens with zero attached hydrogens (tertiary/aromatic N) is 1. The molecule has 0 fully saturated rings. The van der Waals surface area contributed by atoms with Gasteiger partial charge in [-0.2, -0.15) is 0 Å². The molecule has 21 heavy (non-hydrogen) atoms. The number of aryl methyl sites for hydroxylation is 2. The lowest BCUT2D eigenvalue weighted by atomic mass is 10.0. The summed E-state index contributed by atoms with van der Waals surface area (Å²) in [7, 11) is 0. The minimum atomic E-state index is 0.121. The molecule has 0 saturated heterocycles. The Bertz CT molecular complexity index is 647. The van der Waals surface area contributed by atoms with Gasteiger partial charge in [-0.15, -0.1) is 0 Å². The van der Waals surface area contributed by atoms with E-state index in [2.05, 4.69) is 56.0 Å². The van der Waals surface area contributed by atoms with Gasteiger partial charge in [-0.3, -0.25) is 5.41 Å². The second kappa shape index (κ2) is 6.44. The highest BCUT2D eigenvalue weighted by Crippen LogP contribution is 2.20. The van der Waals surface area contributed by atoms with Crippen molar-refractivity contribution in [1.82, 2.24) is 0 Å². The van der Waals surface area contributed by atoms with Crippen molar-refractivity contribution in [3.05, 3.63) is 64.7 Å². The quantitative estimate of drug-likeness (QED) is 0.649. The molecule has 0 saturated carbocycles. The van der Waals surface area contributed by atoms with Gasteiger partial charge in [0.15, 0.2) is 0 Å². The predicted octanol–water partition coefficient (Wildman–Crippen LogP) is 3.61. The van der Waals surface area contributed by atoms with Crippen LogP contribution in [-0.4, -0.2) is 12.4 Å². The van der Waals surface area contributed by atoms with Crippen LogP contribution in [-0.2, 0) is 6.54 Å². The first-order valence-corrected chi connectivity index (χ1v) is 7.26. The fourth-order valence-corrected chi connectivity index (χ4v) is 2.46. The number of anilines is 1. The summed E-state index contributed by atoms with van der Waals surface area (Å²) < 4.78 is 0. The Kier molecular flexibility index (Phi) is 4.63. The lowest BCUT2D eigenvalue weighted by Crippen LogP contribution is -2.22. The average molecular weight is 281 g/mol. The Morgan fingerprint density at radius 1 is 1.14 bits per heavy atom. The maximum atomic E-state index is 7.51. The van der Waals surface area contributed by atoms with E-state index in [1.54, 1.807) is 0 Å². The van der Waals surface area contributed by atoms with Crippen LogP contribution in [0.1, 0.15) is 29.2 Å². The van der Waals surface area contributed by atoms with Crippen molar-refractivity contribution in [3.8, 4) is 0 Å². The molecule has 0 amide bonds. The first-order chi connectivity index (χ1) is 10.0. The zero-order valence-electron chi connectivity index (χ0n) is 13.0. The number of benzene rings is 2. The van der Waals surface area contributed by atoms with Gasteiger partial charge >= 0.3 is 0 Å². The summed E-state index contributed by atoms with van der Waals surface area (Å²) in [4.78, 5) is 2.35. The standard InChI is InChI=1S/C18H23N3/c1-4-21(17-7-5-6-13(2)10-17)12-16-9-8-15(18(19)20)11-14(16)3/h5-11H,4,12H2,1-3H3,(H3,19,20). The van der Waals surface area contributed by atoms with E-state index in [1.807, 2.05) is 12.1 Å². The molecule has 3 N–H and O–H groups in total. The summed E-state index contributed by atoms with van der Waals surface area (Å²) in [5, 5.41) is 7.51. The van der Waals surface area contributed by atoms with Gasteiger partial charge in [-0.05, 0) is 55.7 Å². The molecule has 0 heterocycles. The van der Waals surface area contributed by atoms with E-state index < -0.39 is 0 Å². The highest BCUT2D eigenvalue weighted by Gasteiger charge is 2.08. The van der Waals surface area contributed by atoms with Crippen LogP contribution in [0.3, 0.4) is 0 Å². The molecule has 0 aromatic heterocycles. The van der Waals surface area contributed by atoms with Crippen LogP contribution in [0, 0.1) is 19.3 Å². The summed E-state index contributed by atoms with van der Waals surface area (Å²) in [5.74, 6) is 0.121. The third-order valence-electron chi connectivity index (χ3n) is 3.76. The average Bonchev–Trinajstić information content (AvgIpc) is 2.45. The van der Waals surface area contributed by atoms with Crippen molar-refractivity contribution in [2.75, 3.05) is 11.4 Å². The summed E-state index contributed by atoms with van der Waals surface area (Å²) in [6.07, 6.45) is 0. The Morgan fingerprint density at radius 2 is 1.90 bits per heavy atom. The molecule has 0 aliphatic heterocycles. The normalized spacial score (nSPS) is 10.4. The highest BCUT2D eigenvalue weighted by molar-refractivity contribution is 5.95. The maximum absolute atomic E-state index is 7.51. The Morgan fingerprint density at radius 3 is 2.48 bits per heavy atom. The molecule has 0 aliphatic carbocycles. The lowest BCUT2D eigenvalue weighted by molar-refractivity contribution is 0.826. The van der Waals surface area contributed by atoms with Crippen LogP contribution >= 0.6 is 0 Å². The number of hydrogen-bond acceptors (Lipinski definition) is 2. The van der Waals surface area contributed by atoms with Crippen LogP contribution in [0.2, 0.25) is 0 Å². The summed E-state index contributed by atoms with van der Waals surface area (Å²) in [6.45, 7) is 8.18. The Hall–Kier alpha value is -2.29. The SMILES string of the molecule is CCN(Cc1ccc(C(=N)N)cc1C)c1cccc(C)c1. The van der Waals surface area contributed by atoms with E-state index in [0.717, 1.165) is 18.7 Å². The Balaban J connectivity index is 2.25. The van der Waals surface area contributed by atoms with E-state index in [0.29, 0.717) is 0 Å². The number of rotatable bonds is 5. The minimum Gasteiger partial charge on any atom is -0.384 e. The van der Waals surface area contributed by atoms with Crippen molar-refractivity contribution in [2.24, 2.45) is 5.73 Å². The van der Waals surface area contributed by atoms with E-state index in [4.69, 9.17) is 11.1 Å². The fourth-order valence-electron chi connectivity index (χ4n) is 2.46. The van der Waals surface area contributed by atoms with Crippen LogP contribution in [0.4, 0.5) is 5.69 Å². The molecule has 3 heteroatoms. The van der Waals surface area contributed by atoms with Crippen molar-refractivity contribution < 1.29 is 0 Å². The van der Waals surface area contributed by atoms with Gasteiger partial charge in [0, 0.05) is 24.3 Å². The van der Waals surface area contributed by atoms with Gasteiger partial charge in [-0.25, -0.2) is 0 Å². The lowest BCUT2D eigenvalue weighted by Gasteiger charge is -2.24. The molecule has 0 bridgehead atoms. The third-order valence-corrected chi connectivity index (χ3v) is 3.76. The largest absolute Gasteiger partial charge is 0.384 e. The van der Waals surface area contributed by atoms with E-state index in [9.17, 15) is 0 Å². The van der Waals surface area contributed by atoms with E-state index in [1.165, 1.54) is 22.4 Å². The molecule has 0 radical (unpaired) electrons.